The number of rotatable bonds is 5. The van der Waals surface area contributed by atoms with Gasteiger partial charge in [-0.05, 0) is 44.9 Å². The Morgan fingerprint density at radius 2 is 2.07 bits per heavy atom. The van der Waals surface area contributed by atoms with Crippen LogP contribution in [0.1, 0.15) is 58.8 Å². The molecule has 15 heavy (non-hydrogen) atoms. The van der Waals surface area contributed by atoms with Crippen molar-refractivity contribution in [1.82, 2.24) is 5.32 Å². The minimum absolute atomic E-state index is 0.327. The highest BCUT2D eigenvalue weighted by atomic mass is 16.2. The van der Waals surface area contributed by atoms with E-state index < -0.39 is 0 Å². The molecule has 2 N–H and O–H groups in total. The Hall–Kier alpha value is -0.0800. The fourth-order valence-corrected chi connectivity index (χ4v) is 2.54. The van der Waals surface area contributed by atoms with Gasteiger partial charge in [-0.3, -0.25) is 0 Å². The Labute approximate surface area is 94.5 Å². The molecule has 2 nitrogen and oxygen atoms in total. The fourth-order valence-electron chi connectivity index (χ4n) is 2.54. The predicted molar refractivity (Wildman–Crippen MR) is 65.0 cm³/mol. The summed E-state index contributed by atoms with van der Waals surface area (Å²) in [6, 6.07) is 1.29. The smallest absolute Gasteiger partial charge is 0.0431 e. The van der Waals surface area contributed by atoms with Crippen molar-refractivity contribution < 1.29 is 5.11 Å². The van der Waals surface area contributed by atoms with Gasteiger partial charge < -0.3 is 10.4 Å². The average Bonchev–Trinajstić information content (AvgIpc) is 2.41. The predicted octanol–water partition coefficient (Wildman–Crippen LogP) is 2.71. The largest absolute Gasteiger partial charge is 0.396 e. The first-order valence-corrected chi connectivity index (χ1v) is 6.59. The third-order valence-corrected chi connectivity index (χ3v) is 3.57. The summed E-state index contributed by atoms with van der Waals surface area (Å²) in [5.41, 5.74) is 0. The maximum Gasteiger partial charge on any atom is 0.0431 e. The van der Waals surface area contributed by atoms with Gasteiger partial charge in [0.1, 0.15) is 0 Å². The Bertz CT molecular complexity index is 161. The molecule has 0 aromatic carbocycles. The quantitative estimate of drug-likeness (QED) is 0.688. The monoisotopic (exact) mass is 213 g/mol. The van der Waals surface area contributed by atoms with Crippen LogP contribution in [0.4, 0.5) is 0 Å². The maximum atomic E-state index is 8.77. The summed E-state index contributed by atoms with van der Waals surface area (Å²) < 4.78 is 0. The van der Waals surface area contributed by atoms with Crippen LogP contribution in [0.2, 0.25) is 0 Å². The number of hydrogen-bond donors (Lipinski definition) is 2. The van der Waals surface area contributed by atoms with Gasteiger partial charge in [-0.15, -0.1) is 0 Å². The van der Waals surface area contributed by atoms with Crippen LogP contribution < -0.4 is 5.32 Å². The van der Waals surface area contributed by atoms with Gasteiger partial charge in [0.05, 0.1) is 0 Å². The van der Waals surface area contributed by atoms with Gasteiger partial charge in [0.25, 0.3) is 0 Å². The summed E-state index contributed by atoms with van der Waals surface area (Å²) in [6.45, 7) is 4.94. The van der Waals surface area contributed by atoms with Crippen LogP contribution >= 0.6 is 0 Å². The molecule has 2 heteroatoms. The van der Waals surface area contributed by atoms with Crippen LogP contribution in [-0.2, 0) is 0 Å². The highest BCUT2D eigenvalue weighted by Crippen LogP contribution is 2.23. The average molecular weight is 213 g/mol. The lowest BCUT2D eigenvalue weighted by atomic mass is 10.0. The molecule has 1 aliphatic carbocycles. The Morgan fingerprint density at radius 3 is 2.80 bits per heavy atom. The zero-order valence-electron chi connectivity index (χ0n) is 10.3. The number of aliphatic hydroxyl groups excluding tert-OH is 1. The van der Waals surface area contributed by atoms with Crippen LogP contribution in [0.15, 0.2) is 0 Å². The van der Waals surface area contributed by atoms with E-state index in [0.717, 1.165) is 24.8 Å². The fraction of sp³-hybridized carbons (Fsp3) is 1.00. The third-order valence-electron chi connectivity index (χ3n) is 3.57. The molecule has 0 amide bonds. The molecule has 3 atom stereocenters. The minimum atomic E-state index is 0.327. The standard InChI is InChI=1S/C13H27NO/c1-11-5-3-7-13(9-8-11)14-12(2)6-4-10-15/h11-15H,3-10H2,1-2H3. The van der Waals surface area contributed by atoms with E-state index in [1.165, 1.54) is 32.1 Å². The van der Waals surface area contributed by atoms with Gasteiger partial charge in [0, 0.05) is 18.7 Å². The number of nitrogens with one attached hydrogen (secondary N) is 1. The Balaban J connectivity index is 2.18. The van der Waals surface area contributed by atoms with E-state index in [0.29, 0.717) is 12.6 Å². The van der Waals surface area contributed by atoms with Gasteiger partial charge in [-0.1, -0.05) is 19.8 Å². The second-order valence-electron chi connectivity index (χ2n) is 5.24. The first-order chi connectivity index (χ1) is 7.22. The lowest BCUT2D eigenvalue weighted by Crippen LogP contribution is -2.36. The van der Waals surface area contributed by atoms with Crippen molar-refractivity contribution in [1.29, 1.82) is 0 Å². The molecule has 0 radical (unpaired) electrons. The van der Waals surface area contributed by atoms with Crippen LogP contribution in [0.3, 0.4) is 0 Å². The molecule has 90 valence electrons. The Kier molecular flexibility index (Phi) is 6.26. The molecule has 1 rings (SSSR count). The topological polar surface area (TPSA) is 32.3 Å². The highest BCUT2D eigenvalue weighted by Gasteiger charge is 2.17. The first kappa shape index (κ1) is 13.0. The molecule has 0 heterocycles. The molecule has 0 saturated heterocycles. The zero-order chi connectivity index (χ0) is 11.1. The van der Waals surface area contributed by atoms with Crippen LogP contribution in [0.25, 0.3) is 0 Å². The van der Waals surface area contributed by atoms with Crippen LogP contribution in [0, 0.1) is 5.92 Å². The Morgan fingerprint density at radius 1 is 1.27 bits per heavy atom. The van der Waals surface area contributed by atoms with Crippen molar-refractivity contribution in [3.63, 3.8) is 0 Å². The van der Waals surface area contributed by atoms with E-state index in [2.05, 4.69) is 19.2 Å². The van der Waals surface area contributed by atoms with Crippen LogP contribution in [0.5, 0.6) is 0 Å². The van der Waals surface area contributed by atoms with E-state index in [1.807, 2.05) is 0 Å². The molecular weight excluding hydrogens is 186 g/mol. The van der Waals surface area contributed by atoms with E-state index in [1.54, 1.807) is 0 Å². The molecule has 1 fully saturated rings. The molecule has 0 aliphatic heterocycles. The summed E-state index contributed by atoms with van der Waals surface area (Å²) >= 11 is 0. The van der Waals surface area contributed by atoms with E-state index in [9.17, 15) is 0 Å². The van der Waals surface area contributed by atoms with Crippen molar-refractivity contribution in [3.05, 3.63) is 0 Å². The first-order valence-electron chi connectivity index (χ1n) is 6.59. The molecule has 1 aliphatic rings. The normalized spacial score (nSPS) is 29.8. The van der Waals surface area contributed by atoms with Crippen molar-refractivity contribution in [2.75, 3.05) is 6.61 Å². The summed E-state index contributed by atoms with van der Waals surface area (Å²) in [4.78, 5) is 0. The molecule has 0 spiro atoms. The van der Waals surface area contributed by atoms with Gasteiger partial charge in [-0.2, -0.15) is 0 Å². The minimum Gasteiger partial charge on any atom is -0.396 e. The maximum absolute atomic E-state index is 8.77. The summed E-state index contributed by atoms with van der Waals surface area (Å²) in [7, 11) is 0. The molecule has 0 bridgehead atoms. The zero-order valence-corrected chi connectivity index (χ0v) is 10.3. The van der Waals surface area contributed by atoms with E-state index >= 15 is 0 Å². The molecule has 0 aromatic rings. The summed E-state index contributed by atoms with van der Waals surface area (Å²) in [5, 5.41) is 12.5. The summed E-state index contributed by atoms with van der Waals surface area (Å²) in [6.07, 6.45) is 8.87. The molecule has 0 aromatic heterocycles. The highest BCUT2D eigenvalue weighted by molar-refractivity contribution is 4.76. The van der Waals surface area contributed by atoms with Crippen molar-refractivity contribution >= 4 is 0 Å². The lowest BCUT2D eigenvalue weighted by Gasteiger charge is -2.21. The van der Waals surface area contributed by atoms with Crippen molar-refractivity contribution in [2.45, 2.75) is 70.9 Å². The van der Waals surface area contributed by atoms with Crippen LogP contribution in [-0.4, -0.2) is 23.8 Å². The third kappa shape index (κ3) is 5.53. The lowest BCUT2D eigenvalue weighted by molar-refractivity contribution is 0.271. The van der Waals surface area contributed by atoms with Crippen molar-refractivity contribution in [3.8, 4) is 0 Å². The van der Waals surface area contributed by atoms with Gasteiger partial charge in [0.2, 0.25) is 0 Å². The summed E-state index contributed by atoms with van der Waals surface area (Å²) in [5.74, 6) is 0.921. The molecule has 1 saturated carbocycles. The second-order valence-corrected chi connectivity index (χ2v) is 5.24. The molecule has 3 unspecified atom stereocenters. The second kappa shape index (κ2) is 7.24. The van der Waals surface area contributed by atoms with E-state index in [4.69, 9.17) is 5.11 Å². The van der Waals surface area contributed by atoms with Gasteiger partial charge >= 0.3 is 0 Å². The SMILES string of the molecule is CC1CCCC(NC(C)CCCO)CC1. The van der Waals surface area contributed by atoms with E-state index in [-0.39, 0.29) is 0 Å². The molecular formula is C13H27NO. The van der Waals surface area contributed by atoms with Gasteiger partial charge in [0.15, 0.2) is 0 Å². The number of hydrogen-bond acceptors (Lipinski definition) is 2. The number of aliphatic hydroxyl groups is 1. The van der Waals surface area contributed by atoms with Crippen molar-refractivity contribution in [2.24, 2.45) is 5.92 Å². The van der Waals surface area contributed by atoms with Gasteiger partial charge in [-0.25, -0.2) is 0 Å².